The van der Waals surface area contributed by atoms with Gasteiger partial charge >= 0.3 is 0 Å². The number of benzene rings is 1. The molecule has 0 aliphatic carbocycles. The monoisotopic (exact) mass is 396 g/mol. The summed E-state index contributed by atoms with van der Waals surface area (Å²) in [6, 6.07) is 5.64. The number of ether oxygens (including phenoxy) is 2. The van der Waals surface area contributed by atoms with Crippen LogP contribution in [0.4, 0.5) is 5.69 Å². The molecule has 5 nitrogen and oxygen atoms in total. The van der Waals surface area contributed by atoms with Gasteiger partial charge in [-0.15, -0.1) is 11.3 Å². The summed E-state index contributed by atoms with van der Waals surface area (Å²) < 4.78 is 10.5. The number of anilines is 1. The smallest absolute Gasteiger partial charge is 0.238 e. The van der Waals surface area contributed by atoms with Crippen LogP contribution in [0.2, 0.25) is 5.02 Å². The Balaban J connectivity index is 2.11. The van der Waals surface area contributed by atoms with E-state index in [1.54, 1.807) is 30.6 Å². The first-order valence-electron chi connectivity index (χ1n) is 8.34. The number of carbonyl (C=O) groups excluding carboxylic acids is 1. The van der Waals surface area contributed by atoms with Crippen molar-refractivity contribution in [2.75, 3.05) is 26.1 Å². The van der Waals surface area contributed by atoms with Crippen molar-refractivity contribution >= 4 is 34.5 Å². The summed E-state index contributed by atoms with van der Waals surface area (Å²) >= 11 is 7.88. The lowest BCUT2D eigenvalue weighted by Crippen LogP contribution is -2.37. The molecule has 0 radical (unpaired) electrons. The fourth-order valence-corrected chi connectivity index (χ4v) is 3.68. The Kier molecular flexibility index (Phi) is 7.32. The molecule has 0 bridgehead atoms. The number of aryl methyl sites for hydroxylation is 1. The van der Waals surface area contributed by atoms with Crippen LogP contribution in [0.5, 0.6) is 11.5 Å². The van der Waals surface area contributed by atoms with E-state index in [1.165, 1.54) is 17.6 Å². The largest absolute Gasteiger partial charge is 0.495 e. The van der Waals surface area contributed by atoms with Crippen LogP contribution in [0.3, 0.4) is 0 Å². The Hall–Kier alpha value is -1.76. The number of halogens is 1. The zero-order chi connectivity index (χ0) is 19.3. The third-order valence-electron chi connectivity index (χ3n) is 4.14. The summed E-state index contributed by atoms with van der Waals surface area (Å²) in [6.07, 6.45) is 0. The van der Waals surface area contributed by atoms with Gasteiger partial charge in [-0.25, -0.2) is 0 Å². The van der Waals surface area contributed by atoms with Crippen molar-refractivity contribution in [2.24, 2.45) is 0 Å². The minimum Gasteiger partial charge on any atom is -0.495 e. The first-order chi connectivity index (χ1) is 12.3. The van der Waals surface area contributed by atoms with Crippen molar-refractivity contribution in [3.8, 4) is 11.5 Å². The van der Waals surface area contributed by atoms with Crippen molar-refractivity contribution in [1.29, 1.82) is 0 Å². The average Bonchev–Trinajstić information content (AvgIpc) is 2.99. The molecule has 0 saturated heterocycles. The summed E-state index contributed by atoms with van der Waals surface area (Å²) in [5.41, 5.74) is 1.78. The molecular weight excluding hydrogens is 372 g/mol. The maximum Gasteiger partial charge on any atom is 0.238 e. The molecule has 0 fully saturated rings. The Morgan fingerprint density at radius 3 is 2.50 bits per heavy atom. The van der Waals surface area contributed by atoms with E-state index in [9.17, 15) is 4.79 Å². The Labute approximate surface area is 163 Å². The van der Waals surface area contributed by atoms with Gasteiger partial charge < -0.3 is 14.8 Å². The van der Waals surface area contributed by atoms with Crippen LogP contribution in [0.1, 0.15) is 24.3 Å². The predicted octanol–water partition coefficient (Wildman–Crippen LogP) is 4.58. The van der Waals surface area contributed by atoms with Gasteiger partial charge in [0.05, 0.1) is 31.5 Å². The molecule has 1 aromatic heterocycles. The molecule has 2 aromatic rings. The maximum absolute atomic E-state index is 12.6. The first-order valence-corrected chi connectivity index (χ1v) is 9.59. The SMILES string of the molecule is COc1cc(OC)c(NC(=O)CN(Cc2sccc2C)C(C)C)cc1Cl. The summed E-state index contributed by atoms with van der Waals surface area (Å²) in [4.78, 5) is 16.0. The van der Waals surface area contributed by atoms with Crippen LogP contribution >= 0.6 is 22.9 Å². The number of hydrogen-bond donors (Lipinski definition) is 1. The third-order valence-corrected chi connectivity index (χ3v) is 5.44. The molecule has 0 spiro atoms. The number of thiophene rings is 1. The van der Waals surface area contributed by atoms with E-state index in [4.69, 9.17) is 21.1 Å². The van der Waals surface area contributed by atoms with E-state index >= 15 is 0 Å². The summed E-state index contributed by atoms with van der Waals surface area (Å²) in [6.45, 7) is 7.29. The van der Waals surface area contributed by atoms with Gasteiger partial charge in [0, 0.05) is 23.5 Å². The van der Waals surface area contributed by atoms with E-state index in [-0.39, 0.29) is 18.5 Å². The predicted molar refractivity (Wildman–Crippen MR) is 108 cm³/mol. The highest BCUT2D eigenvalue weighted by Crippen LogP contribution is 2.35. The fourth-order valence-electron chi connectivity index (χ4n) is 2.50. The van der Waals surface area contributed by atoms with E-state index < -0.39 is 0 Å². The minimum absolute atomic E-state index is 0.118. The van der Waals surface area contributed by atoms with E-state index in [0.29, 0.717) is 22.2 Å². The standard InChI is InChI=1S/C19H25ClN2O3S/c1-12(2)22(10-18-13(3)6-7-26-18)11-19(23)21-15-8-14(20)16(24-4)9-17(15)25-5/h6-9,12H,10-11H2,1-5H3,(H,21,23). The lowest BCUT2D eigenvalue weighted by Gasteiger charge is -2.26. The summed E-state index contributed by atoms with van der Waals surface area (Å²) in [5.74, 6) is 0.885. The van der Waals surface area contributed by atoms with E-state index in [0.717, 1.165) is 6.54 Å². The fraction of sp³-hybridized carbons (Fsp3) is 0.421. The molecular formula is C19H25ClN2O3S. The van der Waals surface area contributed by atoms with Crippen LogP contribution in [0.25, 0.3) is 0 Å². The van der Waals surface area contributed by atoms with Gasteiger partial charge in [0.25, 0.3) is 0 Å². The number of hydrogen-bond acceptors (Lipinski definition) is 5. The number of methoxy groups -OCH3 is 2. The molecule has 0 saturated carbocycles. The molecule has 1 amide bonds. The van der Waals surface area contributed by atoms with Gasteiger partial charge in [-0.1, -0.05) is 11.6 Å². The number of carbonyl (C=O) groups is 1. The van der Waals surface area contributed by atoms with Crippen LogP contribution < -0.4 is 14.8 Å². The lowest BCUT2D eigenvalue weighted by molar-refractivity contribution is -0.117. The van der Waals surface area contributed by atoms with Crippen LogP contribution in [-0.4, -0.2) is 37.6 Å². The van der Waals surface area contributed by atoms with Gasteiger partial charge in [0.15, 0.2) is 0 Å². The molecule has 1 N–H and O–H groups in total. The molecule has 0 unspecified atom stereocenters. The second-order valence-electron chi connectivity index (χ2n) is 6.26. The second kappa shape index (κ2) is 9.26. The van der Waals surface area contributed by atoms with Crippen LogP contribution in [0.15, 0.2) is 23.6 Å². The zero-order valence-corrected chi connectivity index (χ0v) is 17.3. The molecule has 26 heavy (non-hydrogen) atoms. The molecule has 142 valence electrons. The zero-order valence-electron chi connectivity index (χ0n) is 15.8. The second-order valence-corrected chi connectivity index (χ2v) is 7.67. The van der Waals surface area contributed by atoms with E-state index in [1.807, 2.05) is 0 Å². The third kappa shape index (κ3) is 5.13. The van der Waals surface area contributed by atoms with Crippen molar-refractivity contribution < 1.29 is 14.3 Å². The lowest BCUT2D eigenvalue weighted by atomic mass is 10.2. The normalized spacial score (nSPS) is 11.1. The molecule has 1 aromatic carbocycles. The molecule has 0 aliphatic rings. The highest BCUT2D eigenvalue weighted by Gasteiger charge is 2.18. The van der Waals surface area contributed by atoms with E-state index in [2.05, 4.69) is 42.4 Å². The number of nitrogens with zero attached hydrogens (tertiary/aromatic N) is 1. The summed E-state index contributed by atoms with van der Waals surface area (Å²) in [5, 5.41) is 5.38. The van der Waals surface area contributed by atoms with Gasteiger partial charge in [0.2, 0.25) is 5.91 Å². The highest BCUT2D eigenvalue weighted by atomic mass is 35.5. The quantitative estimate of drug-likeness (QED) is 0.709. The van der Waals surface area contributed by atoms with Gasteiger partial charge in [-0.05, 0) is 43.8 Å². The Bertz CT molecular complexity index is 761. The van der Waals surface area contributed by atoms with Crippen molar-refractivity contribution in [3.05, 3.63) is 39.0 Å². The van der Waals surface area contributed by atoms with Crippen LogP contribution in [0, 0.1) is 6.92 Å². The first kappa shape index (κ1) is 20.6. The molecule has 7 heteroatoms. The van der Waals surface area contributed by atoms with Crippen molar-refractivity contribution in [1.82, 2.24) is 4.90 Å². The number of rotatable bonds is 8. The number of nitrogens with one attached hydrogen (secondary N) is 1. The van der Waals surface area contributed by atoms with Gasteiger partial charge in [-0.3, -0.25) is 9.69 Å². The van der Waals surface area contributed by atoms with Gasteiger partial charge in [-0.2, -0.15) is 0 Å². The van der Waals surface area contributed by atoms with Crippen molar-refractivity contribution in [2.45, 2.75) is 33.4 Å². The average molecular weight is 397 g/mol. The topological polar surface area (TPSA) is 50.8 Å². The van der Waals surface area contributed by atoms with Crippen molar-refractivity contribution in [3.63, 3.8) is 0 Å². The maximum atomic E-state index is 12.6. The summed E-state index contributed by atoms with van der Waals surface area (Å²) in [7, 11) is 3.07. The molecule has 0 aliphatic heterocycles. The highest BCUT2D eigenvalue weighted by molar-refractivity contribution is 7.10. The van der Waals surface area contributed by atoms with Gasteiger partial charge in [0.1, 0.15) is 11.5 Å². The minimum atomic E-state index is -0.118. The molecule has 0 atom stereocenters. The Morgan fingerprint density at radius 1 is 1.27 bits per heavy atom. The molecule has 2 rings (SSSR count). The number of amides is 1. The Morgan fingerprint density at radius 2 is 1.96 bits per heavy atom. The molecule has 1 heterocycles. The van der Waals surface area contributed by atoms with Crippen LogP contribution in [-0.2, 0) is 11.3 Å².